The molecule has 5 N–H and O–H groups in total. The van der Waals surface area contributed by atoms with Crippen molar-refractivity contribution in [3.63, 3.8) is 0 Å². The first-order valence-electron chi connectivity index (χ1n) is 5.94. The Morgan fingerprint density at radius 3 is 2.43 bits per heavy atom. The number of alkyl halides is 3. The molecule has 1 saturated carbocycles. The first kappa shape index (κ1) is 15.6. The molecule has 0 amide bonds. The van der Waals surface area contributed by atoms with E-state index in [0.717, 1.165) is 12.1 Å². The summed E-state index contributed by atoms with van der Waals surface area (Å²) in [4.78, 5) is 0. The monoisotopic (exact) mass is 322 g/mol. The Kier molecular flexibility index (Phi) is 3.85. The van der Waals surface area contributed by atoms with Gasteiger partial charge in [0, 0.05) is 11.6 Å². The second-order valence-corrected chi connectivity index (χ2v) is 6.12. The largest absolute Gasteiger partial charge is 0.417 e. The van der Waals surface area contributed by atoms with Gasteiger partial charge in [-0.15, -0.1) is 0 Å². The predicted octanol–water partition coefficient (Wildman–Crippen LogP) is 1.40. The van der Waals surface area contributed by atoms with Crippen molar-refractivity contribution in [1.29, 1.82) is 5.41 Å². The van der Waals surface area contributed by atoms with Crippen LogP contribution in [-0.2, 0) is 16.4 Å². The first-order chi connectivity index (χ1) is 9.58. The molecule has 2 rings (SSSR count). The number of rotatable bonds is 5. The fraction of sp³-hybridized carbons (Fsp3) is 0.364. The Hall–Kier alpha value is -1.81. The zero-order valence-electron chi connectivity index (χ0n) is 10.7. The molecule has 0 radical (unpaired) electrons. The van der Waals surface area contributed by atoms with E-state index in [1.807, 2.05) is 4.72 Å². The van der Waals surface area contributed by atoms with Gasteiger partial charge in [0.05, 0.1) is 11.3 Å². The van der Waals surface area contributed by atoms with E-state index in [-0.39, 0.29) is 11.7 Å². The van der Waals surface area contributed by atoms with Gasteiger partial charge in [0.2, 0.25) is 0 Å². The summed E-state index contributed by atoms with van der Waals surface area (Å²) in [5.74, 6) is -0.743. The fourth-order valence-electron chi connectivity index (χ4n) is 1.68. The quantitative estimate of drug-likeness (QED) is 0.486. The molecule has 0 bridgehead atoms. The Morgan fingerprint density at radius 2 is 1.95 bits per heavy atom. The lowest BCUT2D eigenvalue weighted by Gasteiger charge is -2.15. The zero-order chi connectivity index (χ0) is 15.8. The molecule has 0 spiro atoms. The van der Waals surface area contributed by atoms with Crippen molar-refractivity contribution in [1.82, 2.24) is 4.72 Å². The molecule has 10 heteroatoms. The number of nitrogens with two attached hydrogens (primary N) is 1. The van der Waals surface area contributed by atoms with Crippen molar-refractivity contribution >= 4 is 21.7 Å². The van der Waals surface area contributed by atoms with Crippen LogP contribution in [0.25, 0.3) is 0 Å². The smallest absolute Gasteiger partial charge is 0.384 e. The Morgan fingerprint density at radius 1 is 1.33 bits per heavy atom. The molecule has 21 heavy (non-hydrogen) atoms. The average molecular weight is 322 g/mol. The Balaban J connectivity index is 2.31. The summed E-state index contributed by atoms with van der Waals surface area (Å²) in [6.07, 6.45) is -3.33. The van der Waals surface area contributed by atoms with E-state index in [1.165, 1.54) is 0 Å². The molecule has 0 aliphatic heterocycles. The summed E-state index contributed by atoms with van der Waals surface area (Å²) in [6, 6.07) is 2.53. The summed E-state index contributed by atoms with van der Waals surface area (Å²) in [7, 11) is -3.92. The molecule has 1 aliphatic rings. The van der Waals surface area contributed by atoms with E-state index in [0.29, 0.717) is 18.9 Å². The molecule has 0 saturated heterocycles. The highest BCUT2D eigenvalue weighted by Crippen LogP contribution is 2.34. The van der Waals surface area contributed by atoms with Crippen LogP contribution in [0.4, 0.5) is 18.9 Å². The molecule has 1 aromatic carbocycles. The molecular formula is C11H13F3N4O2S. The van der Waals surface area contributed by atoms with Crippen LogP contribution in [0.2, 0.25) is 0 Å². The van der Waals surface area contributed by atoms with Crippen LogP contribution in [0.5, 0.6) is 0 Å². The van der Waals surface area contributed by atoms with Gasteiger partial charge in [-0.3, -0.25) is 10.1 Å². The maximum Gasteiger partial charge on any atom is 0.417 e. The van der Waals surface area contributed by atoms with Crippen LogP contribution in [-0.4, -0.2) is 20.3 Å². The molecule has 1 fully saturated rings. The first-order valence-corrected chi connectivity index (χ1v) is 7.42. The SMILES string of the molecule is N=C(N)c1ccc(NS(=O)(=O)NC2CC2)cc1C(F)(F)F. The van der Waals surface area contributed by atoms with Crippen molar-refractivity contribution in [3.8, 4) is 0 Å². The van der Waals surface area contributed by atoms with Gasteiger partial charge >= 0.3 is 6.18 Å². The third-order valence-electron chi connectivity index (χ3n) is 2.77. The number of anilines is 1. The molecule has 116 valence electrons. The Bertz CT molecular complexity index is 669. The minimum Gasteiger partial charge on any atom is -0.384 e. The molecule has 0 aromatic heterocycles. The van der Waals surface area contributed by atoms with Crippen LogP contribution in [0.1, 0.15) is 24.0 Å². The van der Waals surface area contributed by atoms with E-state index < -0.39 is 33.3 Å². The standard InChI is InChI=1S/C11H13F3N4O2S/c12-11(13,14)9-5-7(3-4-8(9)10(15)16)18-21(19,20)17-6-1-2-6/h3-6,17-18H,1-2H2,(H3,15,16). The highest BCUT2D eigenvalue weighted by molar-refractivity contribution is 7.90. The minimum absolute atomic E-state index is 0.166. The molecule has 0 heterocycles. The van der Waals surface area contributed by atoms with Gasteiger partial charge in [-0.25, -0.2) is 0 Å². The third-order valence-corrected chi connectivity index (χ3v) is 3.91. The summed E-state index contributed by atoms with van der Waals surface area (Å²) in [5.41, 5.74) is 3.18. The normalized spacial score (nSPS) is 15.8. The topological polar surface area (TPSA) is 108 Å². The number of halogens is 3. The molecule has 0 unspecified atom stereocenters. The second-order valence-electron chi connectivity index (χ2n) is 4.67. The van der Waals surface area contributed by atoms with Crippen LogP contribution < -0.4 is 15.2 Å². The van der Waals surface area contributed by atoms with Gasteiger partial charge in [0.1, 0.15) is 5.84 Å². The number of amidine groups is 1. The van der Waals surface area contributed by atoms with E-state index in [9.17, 15) is 21.6 Å². The maximum absolute atomic E-state index is 12.9. The van der Waals surface area contributed by atoms with Gasteiger partial charge < -0.3 is 5.73 Å². The lowest BCUT2D eigenvalue weighted by molar-refractivity contribution is -0.137. The molecule has 1 aliphatic carbocycles. The summed E-state index contributed by atoms with van der Waals surface area (Å²) in [5, 5.41) is 7.13. The van der Waals surface area contributed by atoms with Crippen molar-refractivity contribution in [2.45, 2.75) is 25.1 Å². The molecule has 0 atom stereocenters. The minimum atomic E-state index is -4.74. The molecular weight excluding hydrogens is 309 g/mol. The highest BCUT2D eigenvalue weighted by atomic mass is 32.2. The molecule has 6 nitrogen and oxygen atoms in total. The summed E-state index contributed by atoms with van der Waals surface area (Å²) < 4.78 is 66.3. The van der Waals surface area contributed by atoms with Crippen LogP contribution in [0.3, 0.4) is 0 Å². The Labute approximate surface area is 119 Å². The van der Waals surface area contributed by atoms with Crippen molar-refractivity contribution in [2.75, 3.05) is 4.72 Å². The zero-order valence-corrected chi connectivity index (χ0v) is 11.5. The number of hydrogen-bond acceptors (Lipinski definition) is 3. The van der Waals surface area contributed by atoms with E-state index in [4.69, 9.17) is 11.1 Å². The fourth-order valence-corrected chi connectivity index (χ4v) is 2.85. The number of benzene rings is 1. The number of nitrogens with one attached hydrogen (secondary N) is 3. The van der Waals surface area contributed by atoms with Crippen molar-refractivity contribution in [2.24, 2.45) is 5.73 Å². The van der Waals surface area contributed by atoms with Crippen molar-refractivity contribution in [3.05, 3.63) is 29.3 Å². The van der Waals surface area contributed by atoms with E-state index >= 15 is 0 Å². The lowest BCUT2D eigenvalue weighted by atomic mass is 10.1. The van der Waals surface area contributed by atoms with Crippen LogP contribution in [0.15, 0.2) is 18.2 Å². The maximum atomic E-state index is 12.9. The van der Waals surface area contributed by atoms with Gasteiger partial charge in [-0.2, -0.15) is 26.3 Å². The summed E-state index contributed by atoms with van der Waals surface area (Å²) in [6.45, 7) is 0. The average Bonchev–Trinajstić information content (AvgIpc) is 3.09. The lowest BCUT2D eigenvalue weighted by Crippen LogP contribution is -2.32. The number of nitrogen functional groups attached to an aromatic ring is 1. The predicted molar refractivity (Wildman–Crippen MR) is 71.2 cm³/mol. The number of hydrogen-bond donors (Lipinski definition) is 4. The van der Waals surface area contributed by atoms with Crippen LogP contribution in [0, 0.1) is 5.41 Å². The second kappa shape index (κ2) is 5.19. The molecule has 1 aromatic rings. The van der Waals surface area contributed by atoms with E-state index in [1.54, 1.807) is 0 Å². The van der Waals surface area contributed by atoms with Gasteiger partial charge in [-0.1, -0.05) is 0 Å². The third kappa shape index (κ3) is 4.08. The van der Waals surface area contributed by atoms with Gasteiger partial charge in [0.15, 0.2) is 0 Å². The van der Waals surface area contributed by atoms with Gasteiger partial charge in [-0.05, 0) is 31.0 Å². The summed E-state index contributed by atoms with van der Waals surface area (Å²) >= 11 is 0. The van der Waals surface area contributed by atoms with Crippen LogP contribution >= 0.6 is 0 Å². The van der Waals surface area contributed by atoms with Crippen molar-refractivity contribution < 1.29 is 21.6 Å². The highest BCUT2D eigenvalue weighted by Gasteiger charge is 2.35. The van der Waals surface area contributed by atoms with Gasteiger partial charge in [0.25, 0.3) is 10.2 Å². The van der Waals surface area contributed by atoms with E-state index in [2.05, 4.69) is 4.72 Å².